The molecule has 1 aliphatic carbocycles. The van der Waals surface area contributed by atoms with E-state index in [2.05, 4.69) is 71.7 Å². The van der Waals surface area contributed by atoms with E-state index in [1.807, 2.05) is 18.2 Å². The second-order valence-corrected chi connectivity index (χ2v) is 9.05. The van der Waals surface area contributed by atoms with Crippen LogP contribution in [0, 0.1) is 0 Å². The molecular formula is C21H23Br2N3O. The zero-order valence-electron chi connectivity index (χ0n) is 15.1. The normalized spacial score (nSPS) is 22.4. The number of amides is 1. The van der Waals surface area contributed by atoms with E-state index in [-0.39, 0.29) is 5.91 Å². The Labute approximate surface area is 177 Å². The molecule has 27 heavy (non-hydrogen) atoms. The Kier molecular flexibility index (Phi) is 5.69. The largest absolute Gasteiger partial charge is 0.350 e. The summed E-state index contributed by atoms with van der Waals surface area (Å²) >= 11 is 7.05. The average molecular weight is 493 g/mol. The summed E-state index contributed by atoms with van der Waals surface area (Å²) < 4.78 is 2.01. The standard InChI is InChI=1S/C21H23Br2N3O/c22-17-11-15(12-18(23)13-17)14-25-20(27)21(26-9-7-24-8-10-26)6-5-16-3-1-2-4-19(16)21/h1-4,11-13,24H,5-10,14H2,(H,25,27). The van der Waals surface area contributed by atoms with Gasteiger partial charge in [-0.05, 0) is 47.7 Å². The first-order chi connectivity index (χ1) is 13.1. The number of piperazine rings is 1. The summed E-state index contributed by atoms with van der Waals surface area (Å²) in [4.78, 5) is 16.0. The lowest BCUT2D eigenvalue weighted by Gasteiger charge is -2.43. The average Bonchev–Trinajstić information content (AvgIpc) is 3.07. The van der Waals surface area contributed by atoms with Crippen molar-refractivity contribution >= 4 is 37.8 Å². The van der Waals surface area contributed by atoms with E-state index in [9.17, 15) is 4.79 Å². The lowest BCUT2D eigenvalue weighted by atomic mass is 9.87. The molecule has 4 nitrogen and oxygen atoms in total. The molecule has 1 amide bonds. The van der Waals surface area contributed by atoms with Crippen molar-refractivity contribution in [1.29, 1.82) is 0 Å². The molecule has 1 heterocycles. The predicted octanol–water partition coefficient (Wildman–Crippen LogP) is 3.57. The quantitative estimate of drug-likeness (QED) is 0.685. The van der Waals surface area contributed by atoms with Gasteiger partial charge in [-0.3, -0.25) is 9.69 Å². The second-order valence-electron chi connectivity index (χ2n) is 7.21. The maximum atomic E-state index is 13.6. The van der Waals surface area contributed by atoms with Crippen LogP contribution >= 0.6 is 31.9 Å². The van der Waals surface area contributed by atoms with Crippen LogP contribution in [0.3, 0.4) is 0 Å². The zero-order chi connectivity index (χ0) is 18.9. The highest BCUT2D eigenvalue weighted by Crippen LogP contribution is 2.42. The van der Waals surface area contributed by atoms with Crippen LogP contribution in [0.2, 0.25) is 0 Å². The van der Waals surface area contributed by atoms with E-state index in [4.69, 9.17) is 0 Å². The molecule has 0 radical (unpaired) electrons. The molecule has 6 heteroatoms. The molecule has 0 bridgehead atoms. The van der Waals surface area contributed by atoms with Gasteiger partial charge in [-0.25, -0.2) is 0 Å². The number of carbonyl (C=O) groups excluding carboxylic acids is 1. The van der Waals surface area contributed by atoms with Crippen molar-refractivity contribution in [3.8, 4) is 0 Å². The van der Waals surface area contributed by atoms with E-state index in [0.29, 0.717) is 6.54 Å². The summed E-state index contributed by atoms with van der Waals surface area (Å²) in [5.41, 5.74) is 3.00. The monoisotopic (exact) mass is 491 g/mol. The lowest BCUT2D eigenvalue weighted by Crippen LogP contribution is -2.60. The van der Waals surface area contributed by atoms with Crippen LogP contribution in [0.1, 0.15) is 23.1 Å². The van der Waals surface area contributed by atoms with Gasteiger partial charge < -0.3 is 10.6 Å². The van der Waals surface area contributed by atoms with Gasteiger partial charge in [0.15, 0.2) is 0 Å². The van der Waals surface area contributed by atoms with Crippen molar-refractivity contribution in [3.05, 3.63) is 68.1 Å². The Hall–Kier alpha value is -1.21. The number of halogens is 2. The van der Waals surface area contributed by atoms with Crippen molar-refractivity contribution in [3.63, 3.8) is 0 Å². The molecule has 1 fully saturated rings. The summed E-state index contributed by atoms with van der Waals surface area (Å²) in [5.74, 6) is 0.116. The van der Waals surface area contributed by atoms with Crippen LogP contribution in [0.15, 0.2) is 51.4 Å². The Bertz CT molecular complexity index is 831. The Morgan fingerprint density at radius 1 is 1.11 bits per heavy atom. The zero-order valence-corrected chi connectivity index (χ0v) is 18.3. The van der Waals surface area contributed by atoms with Crippen molar-refractivity contribution in [2.24, 2.45) is 0 Å². The van der Waals surface area contributed by atoms with Crippen LogP contribution < -0.4 is 10.6 Å². The summed E-state index contributed by atoms with van der Waals surface area (Å²) in [6.07, 6.45) is 1.80. The fourth-order valence-electron chi connectivity index (χ4n) is 4.39. The number of carbonyl (C=O) groups is 1. The summed E-state index contributed by atoms with van der Waals surface area (Å²) in [6, 6.07) is 14.5. The molecule has 1 saturated heterocycles. The maximum absolute atomic E-state index is 13.6. The van der Waals surface area contributed by atoms with Crippen molar-refractivity contribution in [1.82, 2.24) is 15.5 Å². The number of benzene rings is 2. The number of hydrogen-bond acceptors (Lipinski definition) is 3. The summed E-state index contributed by atoms with van der Waals surface area (Å²) in [7, 11) is 0. The number of nitrogens with one attached hydrogen (secondary N) is 2. The van der Waals surface area contributed by atoms with Gasteiger partial charge in [0.1, 0.15) is 5.54 Å². The SMILES string of the molecule is O=C(NCc1cc(Br)cc(Br)c1)C1(N2CCNCC2)CCc2ccccc21. The van der Waals surface area contributed by atoms with E-state index in [1.165, 1.54) is 11.1 Å². The van der Waals surface area contributed by atoms with Crippen LogP contribution in [0.25, 0.3) is 0 Å². The first-order valence-electron chi connectivity index (χ1n) is 9.37. The third-order valence-corrected chi connectivity index (χ3v) is 6.54. The van der Waals surface area contributed by atoms with Gasteiger partial charge in [-0.2, -0.15) is 0 Å². The maximum Gasteiger partial charge on any atom is 0.245 e. The van der Waals surface area contributed by atoms with Gasteiger partial charge in [-0.15, -0.1) is 0 Å². The van der Waals surface area contributed by atoms with Crippen molar-refractivity contribution in [2.45, 2.75) is 24.9 Å². The molecular weight excluding hydrogens is 470 g/mol. The van der Waals surface area contributed by atoms with Crippen LogP contribution in [-0.4, -0.2) is 37.0 Å². The number of fused-ring (bicyclic) bond motifs is 1. The molecule has 2 aromatic carbocycles. The van der Waals surface area contributed by atoms with Crippen LogP contribution in [-0.2, 0) is 23.3 Å². The Morgan fingerprint density at radius 2 is 1.81 bits per heavy atom. The Balaban J connectivity index is 1.62. The van der Waals surface area contributed by atoms with E-state index in [1.54, 1.807) is 0 Å². The van der Waals surface area contributed by atoms with Crippen LogP contribution in [0.5, 0.6) is 0 Å². The third kappa shape index (κ3) is 3.73. The molecule has 2 aliphatic rings. The van der Waals surface area contributed by atoms with Crippen molar-refractivity contribution < 1.29 is 4.79 Å². The Morgan fingerprint density at radius 3 is 2.56 bits per heavy atom. The highest BCUT2D eigenvalue weighted by Gasteiger charge is 2.49. The molecule has 4 rings (SSSR count). The minimum Gasteiger partial charge on any atom is -0.350 e. The minimum atomic E-state index is -0.554. The third-order valence-electron chi connectivity index (χ3n) is 5.63. The molecule has 2 N–H and O–H groups in total. The number of rotatable bonds is 4. The van der Waals surface area contributed by atoms with Gasteiger partial charge in [0.05, 0.1) is 0 Å². The molecule has 142 valence electrons. The fraction of sp³-hybridized carbons (Fsp3) is 0.381. The van der Waals surface area contributed by atoms with Gasteiger partial charge in [0.2, 0.25) is 5.91 Å². The fourth-order valence-corrected chi connectivity index (χ4v) is 5.78. The highest BCUT2D eigenvalue weighted by molar-refractivity contribution is 9.11. The van der Waals surface area contributed by atoms with Crippen LogP contribution in [0.4, 0.5) is 0 Å². The second kappa shape index (κ2) is 8.03. The number of hydrogen-bond donors (Lipinski definition) is 2. The molecule has 0 spiro atoms. The molecule has 0 aromatic heterocycles. The lowest BCUT2D eigenvalue weighted by molar-refractivity contribution is -0.135. The minimum absolute atomic E-state index is 0.116. The van der Waals surface area contributed by atoms with Gasteiger partial charge in [0.25, 0.3) is 0 Å². The molecule has 1 unspecified atom stereocenters. The smallest absolute Gasteiger partial charge is 0.245 e. The van der Waals surface area contributed by atoms with E-state index in [0.717, 1.165) is 53.5 Å². The number of nitrogens with zero attached hydrogens (tertiary/aromatic N) is 1. The first-order valence-corrected chi connectivity index (χ1v) is 11.0. The van der Waals surface area contributed by atoms with Gasteiger partial charge in [0, 0.05) is 41.7 Å². The highest BCUT2D eigenvalue weighted by atomic mass is 79.9. The molecule has 2 aromatic rings. The van der Waals surface area contributed by atoms with Gasteiger partial charge >= 0.3 is 0 Å². The summed E-state index contributed by atoms with van der Waals surface area (Å²) in [6.45, 7) is 4.16. The first kappa shape index (κ1) is 19.1. The van der Waals surface area contributed by atoms with E-state index < -0.39 is 5.54 Å². The van der Waals surface area contributed by atoms with Crippen molar-refractivity contribution in [2.75, 3.05) is 26.2 Å². The van der Waals surface area contributed by atoms with Gasteiger partial charge in [-0.1, -0.05) is 56.1 Å². The molecule has 1 aliphatic heterocycles. The topological polar surface area (TPSA) is 44.4 Å². The molecule has 1 atom stereocenters. The summed E-state index contributed by atoms with van der Waals surface area (Å²) in [5, 5.41) is 6.64. The predicted molar refractivity (Wildman–Crippen MR) is 115 cm³/mol. The van der Waals surface area contributed by atoms with E-state index >= 15 is 0 Å². The number of aryl methyl sites for hydroxylation is 1. The molecule has 0 saturated carbocycles.